The van der Waals surface area contributed by atoms with Crippen LogP contribution in [-0.4, -0.2) is 161 Å². The van der Waals surface area contributed by atoms with Crippen LogP contribution in [0.2, 0.25) is 38.3 Å². The van der Waals surface area contributed by atoms with Gasteiger partial charge >= 0.3 is 48.5 Å². The summed E-state index contributed by atoms with van der Waals surface area (Å²) in [7, 11) is -3.93. The first-order chi connectivity index (χ1) is 35.8. The first-order valence-electron chi connectivity index (χ1n) is 25.0. The lowest BCUT2D eigenvalue weighted by molar-refractivity contribution is -0.148. The molecule has 0 aliphatic carbocycles. The van der Waals surface area contributed by atoms with Crippen molar-refractivity contribution in [3.8, 4) is 0 Å². The Morgan fingerprint density at radius 2 is 0.883 bits per heavy atom. The SMILES string of the molecule is C.C=C(C)C(=O)OCOC(=O)NCNC(=O)COC(=O)NCCCCCNC(=O)OCCCC[Si](C)(C)C(C)(C)O[Si](C)(C)CCCCOC(=O)NCNCCCCC(=O)COC(=O)NCNC(=O)OCOC(=O)C(=C)C. The summed E-state index contributed by atoms with van der Waals surface area (Å²) in [5.74, 6) is -2.41. The second-order valence-corrected chi connectivity index (χ2v) is 28.6. The number of carbonyl (C=O) groups is 10. The predicted molar refractivity (Wildman–Crippen MR) is 287 cm³/mol. The summed E-state index contributed by atoms with van der Waals surface area (Å²) in [4.78, 5) is 117. The van der Waals surface area contributed by atoms with Crippen LogP contribution in [0.15, 0.2) is 24.3 Å². The van der Waals surface area contributed by atoms with Gasteiger partial charge in [0.05, 0.1) is 41.3 Å². The van der Waals surface area contributed by atoms with E-state index < -0.39 is 97.6 Å². The highest BCUT2D eigenvalue weighted by Gasteiger charge is 2.43. The van der Waals surface area contributed by atoms with Gasteiger partial charge in [0, 0.05) is 35.9 Å². The fourth-order valence-electron chi connectivity index (χ4n) is 6.06. The molecule has 0 rings (SSSR count). The maximum Gasteiger partial charge on any atom is 0.411 e. The van der Waals surface area contributed by atoms with Gasteiger partial charge < -0.3 is 79.5 Å². The van der Waals surface area contributed by atoms with Gasteiger partial charge in [-0.15, -0.1) is 0 Å². The number of amides is 7. The Kier molecular flexibility index (Phi) is 39.3. The molecule has 0 saturated heterocycles. The zero-order valence-corrected chi connectivity index (χ0v) is 47.6. The molecule has 0 unspecified atom stereocenters. The lowest BCUT2D eigenvalue weighted by Gasteiger charge is -2.45. The third kappa shape index (κ3) is 40.5. The normalized spacial score (nSPS) is 10.9. The van der Waals surface area contributed by atoms with Crippen LogP contribution < -0.4 is 42.5 Å². The number of Topliss-reactive ketones (excluding diaryl/α,β-unsaturated/α-hetero) is 1. The molecule has 0 aromatic heterocycles. The quantitative estimate of drug-likeness (QED) is 0.00947. The second-order valence-electron chi connectivity index (χ2n) is 18.9. The molecule has 0 spiro atoms. The van der Waals surface area contributed by atoms with Crippen molar-refractivity contribution in [2.75, 3.05) is 79.7 Å². The van der Waals surface area contributed by atoms with Crippen molar-refractivity contribution < 1.29 is 90.3 Å². The number of unbranched alkanes of at least 4 members (excludes halogenated alkanes) is 5. The first kappa shape index (κ1) is 72.6. The number of carbonyl (C=O) groups excluding carboxylic acids is 10. The Morgan fingerprint density at radius 1 is 0.455 bits per heavy atom. The van der Waals surface area contributed by atoms with Gasteiger partial charge in [-0.2, -0.15) is 0 Å². The molecule has 77 heavy (non-hydrogen) atoms. The minimum atomic E-state index is -2.06. The average molecular weight is 1140 g/mol. The fourth-order valence-corrected chi connectivity index (χ4v) is 12.3. The molecule has 0 saturated carbocycles. The van der Waals surface area contributed by atoms with Crippen molar-refractivity contribution >= 4 is 76.6 Å². The van der Waals surface area contributed by atoms with Gasteiger partial charge in [0.15, 0.2) is 27.3 Å². The first-order valence-corrected chi connectivity index (χ1v) is 31.4. The summed E-state index contributed by atoms with van der Waals surface area (Å²) in [6.45, 7) is 22.1. The van der Waals surface area contributed by atoms with E-state index in [1.54, 1.807) is 0 Å². The van der Waals surface area contributed by atoms with E-state index in [4.69, 9.17) is 23.4 Å². The molecule has 0 radical (unpaired) electrons. The average Bonchev–Trinajstić information content (AvgIpc) is 3.33. The number of esters is 2. The molecule has 0 aliphatic rings. The van der Waals surface area contributed by atoms with E-state index in [1.807, 2.05) is 0 Å². The van der Waals surface area contributed by atoms with Gasteiger partial charge in [0.25, 0.3) is 5.91 Å². The van der Waals surface area contributed by atoms with Crippen molar-refractivity contribution in [3.05, 3.63) is 24.3 Å². The Morgan fingerprint density at radius 3 is 1.42 bits per heavy atom. The molecule has 7 amide bonds. The molecule has 0 atom stereocenters. The molecule has 0 bridgehead atoms. The predicted octanol–water partition coefficient (Wildman–Crippen LogP) is 5.43. The molecule has 29 heteroatoms. The van der Waals surface area contributed by atoms with Crippen LogP contribution in [0.4, 0.5) is 28.8 Å². The Bertz CT molecular complexity index is 1890. The van der Waals surface area contributed by atoms with Gasteiger partial charge in [-0.1, -0.05) is 52.6 Å². The highest BCUT2D eigenvalue weighted by Crippen LogP contribution is 2.34. The number of hydrogen-bond acceptors (Lipinski definition) is 20. The number of nitrogens with one attached hydrogen (secondary N) is 8. The summed E-state index contributed by atoms with van der Waals surface area (Å²) < 4.78 is 45.6. The summed E-state index contributed by atoms with van der Waals surface area (Å²) >= 11 is 0. The Hall–Kier alpha value is -6.47. The van der Waals surface area contributed by atoms with Crippen LogP contribution in [0.1, 0.15) is 99.3 Å². The summed E-state index contributed by atoms with van der Waals surface area (Å²) in [5.41, 5.74) is 0.277. The molecule has 0 aliphatic heterocycles. The van der Waals surface area contributed by atoms with Crippen LogP contribution in [-0.2, 0) is 61.5 Å². The van der Waals surface area contributed by atoms with E-state index in [1.165, 1.54) is 13.8 Å². The van der Waals surface area contributed by atoms with Crippen LogP contribution >= 0.6 is 0 Å². The minimum Gasteiger partial charge on any atom is -0.450 e. The highest BCUT2D eigenvalue weighted by molar-refractivity contribution is 6.81. The van der Waals surface area contributed by atoms with Gasteiger partial charge in [-0.25, -0.2) is 38.4 Å². The minimum absolute atomic E-state index is 0. The topological polar surface area (TPSA) is 350 Å². The molecule has 0 aromatic carbocycles. The molecule has 442 valence electrons. The molecule has 27 nitrogen and oxygen atoms in total. The zero-order chi connectivity index (χ0) is 57.4. The van der Waals surface area contributed by atoms with Crippen LogP contribution in [0.3, 0.4) is 0 Å². The van der Waals surface area contributed by atoms with E-state index in [0.29, 0.717) is 64.8 Å². The molecule has 0 heterocycles. The highest BCUT2D eigenvalue weighted by atomic mass is 28.4. The maximum absolute atomic E-state index is 12.2. The van der Waals surface area contributed by atoms with Crippen molar-refractivity contribution in [1.29, 1.82) is 0 Å². The zero-order valence-electron chi connectivity index (χ0n) is 45.6. The lowest BCUT2D eigenvalue weighted by Crippen LogP contribution is -2.56. The molecule has 0 fully saturated rings. The van der Waals surface area contributed by atoms with Crippen LogP contribution in [0, 0.1) is 0 Å². The smallest absolute Gasteiger partial charge is 0.411 e. The third-order valence-corrected chi connectivity index (χ3v) is 18.7. The van der Waals surface area contributed by atoms with Gasteiger partial charge in [-0.05, 0) is 98.3 Å². The number of rotatable bonds is 40. The van der Waals surface area contributed by atoms with Crippen molar-refractivity contribution in [1.82, 2.24) is 42.5 Å². The van der Waals surface area contributed by atoms with Crippen molar-refractivity contribution in [3.63, 3.8) is 0 Å². The second kappa shape index (κ2) is 41.7. The molecule has 0 aromatic rings. The van der Waals surface area contributed by atoms with Gasteiger partial charge in [0.1, 0.15) is 0 Å². The van der Waals surface area contributed by atoms with E-state index >= 15 is 0 Å². The summed E-state index contributed by atoms with van der Waals surface area (Å²) in [5, 5.41) is 19.6. The lowest BCUT2D eigenvalue weighted by atomic mass is 10.2. The van der Waals surface area contributed by atoms with E-state index in [9.17, 15) is 47.9 Å². The summed E-state index contributed by atoms with van der Waals surface area (Å²) in [6, 6.07) is 1.91. The standard InChI is InChI=1S/C47H84N8O19Si2.CH4/c1-35(2)39(58)70-33-72-45(64)53-31-51-38(57)29-69-42(61)50-23-14-11-13-22-49-41(60)66-24-16-18-26-75(7,8)47(5,6)74-76(9,10)27-19-17-25-67-43(62)52-30-48-21-15-12-20-37(56)28-68-44(63)54-32-55-46(65)73-34-71-40(59)36(3)4;/h48H,1,3,11-34H2,2,4-10H3,(H,49,60)(H,50,61)(H,51,57)(H,52,62)(H,53,64)(H,54,63)(H,55,65);1H4. The van der Waals surface area contributed by atoms with E-state index in [0.717, 1.165) is 31.4 Å². The number of alkyl carbamates (subject to hydrolysis) is 6. The molecular formula is C48H88N8O19Si2. The number of hydrogen-bond donors (Lipinski definition) is 8. The summed E-state index contributed by atoms with van der Waals surface area (Å²) in [6.07, 6.45) is 1.86. The monoisotopic (exact) mass is 1140 g/mol. The molecule has 8 N–H and O–H groups in total. The van der Waals surface area contributed by atoms with Gasteiger partial charge in [-0.3, -0.25) is 14.9 Å². The number of ether oxygens (including phenoxy) is 8. The van der Waals surface area contributed by atoms with Crippen LogP contribution in [0.25, 0.3) is 0 Å². The fraction of sp³-hybridized carbons (Fsp3) is 0.708. The van der Waals surface area contributed by atoms with E-state index in [-0.39, 0.29) is 62.6 Å². The molecular weight excluding hydrogens is 1050 g/mol. The van der Waals surface area contributed by atoms with Gasteiger partial charge in [0.2, 0.25) is 13.6 Å². The number of ketones is 1. The van der Waals surface area contributed by atoms with Crippen LogP contribution in [0.5, 0.6) is 0 Å². The largest absolute Gasteiger partial charge is 0.450 e. The van der Waals surface area contributed by atoms with Crippen molar-refractivity contribution in [2.45, 2.75) is 143 Å². The van der Waals surface area contributed by atoms with E-state index in [2.05, 4.69) is 115 Å². The third-order valence-electron chi connectivity index (χ3n) is 10.9. The Balaban J connectivity index is 0. The Labute approximate surface area is 454 Å². The van der Waals surface area contributed by atoms with Crippen molar-refractivity contribution in [2.24, 2.45) is 0 Å². The maximum atomic E-state index is 12.2.